The molecule has 0 heterocycles. The molecular formula is C3H2O9S. The zero-order valence-corrected chi connectivity index (χ0v) is 6.52. The fourth-order valence-electron chi connectivity index (χ4n) is 0.234. The molecule has 0 aromatic carbocycles. The summed E-state index contributed by atoms with van der Waals surface area (Å²) in [5.74, 6) is 0. The molecule has 10 heteroatoms. The Labute approximate surface area is 71.1 Å². The van der Waals surface area contributed by atoms with E-state index < -0.39 is 22.7 Å². The van der Waals surface area contributed by atoms with E-state index in [4.69, 9.17) is 4.55 Å². The summed E-state index contributed by atoms with van der Waals surface area (Å²) in [4.78, 5) is 29.7. The van der Waals surface area contributed by atoms with Crippen molar-refractivity contribution in [2.24, 2.45) is 0 Å². The van der Waals surface area contributed by atoms with E-state index in [1.165, 1.54) is 0 Å². The van der Waals surface area contributed by atoms with Gasteiger partial charge < -0.3 is 9.47 Å². The molecule has 9 nitrogen and oxygen atoms in total. The van der Waals surface area contributed by atoms with Crippen molar-refractivity contribution in [3.05, 3.63) is 0 Å². The highest BCUT2D eigenvalue weighted by atomic mass is 32.3. The molecule has 0 amide bonds. The number of hydrogen-bond acceptors (Lipinski definition) is 8. The Morgan fingerprint density at radius 2 is 1.77 bits per heavy atom. The highest BCUT2D eigenvalue weighted by Gasteiger charge is 2.19. The summed E-state index contributed by atoms with van der Waals surface area (Å²) in [6, 6.07) is 0. The van der Waals surface area contributed by atoms with Gasteiger partial charge in [0.15, 0.2) is 0 Å². The predicted octanol–water partition coefficient (Wildman–Crippen LogP) is -0.765. The van der Waals surface area contributed by atoms with Gasteiger partial charge in [-0.2, -0.15) is 8.42 Å². The van der Waals surface area contributed by atoms with Gasteiger partial charge in [0, 0.05) is 0 Å². The normalized spacial score (nSPS) is 9.92. The van der Waals surface area contributed by atoms with Crippen LogP contribution in [0.15, 0.2) is 0 Å². The first-order chi connectivity index (χ1) is 5.85. The minimum Gasteiger partial charge on any atom is -0.363 e. The molecular weight excluding hydrogens is 212 g/mol. The van der Waals surface area contributed by atoms with E-state index in [-0.39, 0.29) is 6.47 Å². The number of carbonyl (C=O) groups is 3. The van der Waals surface area contributed by atoms with Gasteiger partial charge in [-0.05, 0) is 0 Å². The second kappa shape index (κ2) is 4.37. The van der Waals surface area contributed by atoms with Gasteiger partial charge in [-0.25, -0.2) is 9.59 Å². The number of rotatable bonds is 2. The average Bonchev–Trinajstić information content (AvgIpc) is 1.81. The molecule has 0 saturated carbocycles. The summed E-state index contributed by atoms with van der Waals surface area (Å²) in [5.41, 5.74) is 0. The smallest absolute Gasteiger partial charge is 0.363 e. The lowest BCUT2D eigenvalue weighted by Crippen LogP contribution is -2.17. The van der Waals surface area contributed by atoms with Gasteiger partial charge in [-0.15, -0.1) is 0 Å². The van der Waals surface area contributed by atoms with Crippen molar-refractivity contribution in [2.75, 3.05) is 0 Å². The van der Waals surface area contributed by atoms with Crippen LogP contribution in [0.3, 0.4) is 0 Å². The van der Waals surface area contributed by atoms with Gasteiger partial charge in [-0.1, -0.05) is 0 Å². The van der Waals surface area contributed by atoms with Gasteiger partial charge in [0.25, 0.3) is 0 Å². The Hall–Kier alpha value is -1.68. The summed E-state index contributed by atoms with van der Waals surface area (Å²) in [6.45, 7) is -0.358. The van der Waals surface area contributed by atoms with Crippen LogP contribution in [0.2, 0.25) is 0 Å². The van der Waals surface area contributed by atoms with Gasteiger partial charge >= 0.3 is 29.2 Å². The third kappa shape index (κ3) is 6.71. The van der Waals surface area contributed by atoms with E-state index in [0.29, 0.717) is 0 Å². The Kier molecular flexibility index (Phi) is 3.81. The molecule has 0 rings (SSSR count). The first-order valence-corrected chi connectivity index (χ1v) is 3.74. The molecule has 0 aliphatic heterocycles. The maximum atomic E-state index is 10.1. The first-order valence-electron chi connectivity index (χ1n) is 2.38. The van der Waals surface area contributed by atoms with Crippen molar-refractivity contribution in [3.63, 3.8) is 0 Å². The minimum absolute atomic E-state index is 0.358. The van der Waals surface area contributed by atoms with Crippen LogP contribution < -0.4 is 0 Å². The highest BCUT2D eigenvalue weighted by Crippen LogP contribution is 1.93. The lowest BCUT2D eigenvalue weighted by Gasteiger charge is -1.97. The van der Waals surface area contributed by atoms with Crippen molar-refractivity contribution < 1.29 is 41.0 Å². The van der Waals surface area contributed by atoms with E-state index in [1.807, 2.05) is 0 Å². The molecule has 0 unspecified atom stereocenters. The summed E-state index contributed by atoms with van der Waals surface area (Å²) < 4.78 is 37.3. The molecule has 0 aromatic heterocycles. The number of ether oxygens (including phenoxy) is 2. The Morgan fingerprint density at radius 3 is 2.15 bits per heavy atom. The average molecular weight is 214 g/mol. The second-order valence-electron chi connectivity index (χ2n) is 1.33. The van der Waals surface area contributed by atoms with Crippen LogP contribution in [0.4, 0.5) is 9.59 Å². The van der Waals surface area contributed by atoms with Crippen molar-refractivity contribution in [3.8, 4) is 0 Å². The van der Waals surface area contributed by atoms with Gasteiger partial charge in [-0.3, -0.25) is 13.5 Å². The topological polar surface area (TPSA) is 133 Å². The summed E-state index contributed by atoms with van der Waals surface area (Å²) in [7, 11) is -5.05. The van der Waals surface area contributed by atoms with E-state index in [0.717, 1.165) is 0 Å². The zero-order chi connectivity index (χ0) is 10.5. The SMILES string of the molecule is O=COC(=O)OC(=O)OS(=O)(=O)O. The monoisotopic (exact) mass is 214 g/mol. The van der Waals surface area contributed by atoms with Crippen LogP contribution in [0.1, 0.15) is 0 Å². The summed E-state index contributed by atoms with van der Waals surface area (Å²) in [5, 5.41) is 0. The van der Waals surface area contributed by atoms with Crippen LogP contribution in [0, 0.1) is 0 Å². The van der Waals surface area contributed by atoms with Crippen LogP contribution in [-0.2, 0) is 28.9 Å². The summed E-state index contributed by atoms with van der Waals surface area (Å²) in [6.07, 6.45) is -3.84. The predicted molar refractivity (Wildman–Crippen MR) is 31.7 cm³/mol. The Balaban J connectivity index is 4.03. The second-order valence-corrected chi connectivity index (χ2v) is 2.35. The molecule has 13 heavy (non-hydrogen) atoms. The highest BCUT2D eigenvalue weighted by molar-refractivity contribution is 7.81. The van der Waals surface area contributed by atoms with Crippen molar-refractivity contribution >= 4 is 29.2 Å². The van der Waals surface area contributed by atoms with Gasteiger partial charge in [0.1, 0.15) is 0 Å². The minimum atomic E-state index is -5.05. The van der Waals surface area contributed by atoms with Crippen LogP contribution >= 0.6 is 0 Å². The number of hydrogen-bond donors (Lipinski definition) is 1. The largest absolute Gasteiger partial charge is 0.536 e. The molecule has 0 atom stereocenters. The third-order valence-electron chi connectivity index (χ3n) is 0.484. The van der Waals surface area contributed by atoms with Crippen LogP contribution in [-0.4, -0.2) is 31.8 Å². The third-order valence-corrected chi connectivity index (χ3v) is 0.831. The molecule has 0 bridgehead atoms. The standard InChI is InChI=1S/C3H2O9S/c4-1-10-2(5)11-3(6)12-13(7,8)9/h1H,(H,7,8,9). The zero-order valence-electron chi connectivity index (χ0n) is 5.70. The lowest BCUT2D eigenvalue weighted by molar-refractivity contribution is -0.124. The van der Waals surface area contributed by atoms with Crippen molar-refractivity contribution in [1.29, 1.82) is 0 Å². The Bertz CT molecular complexity index is 312. The number of carbonyl (C=O) groups excluding carboxylic acids is 3. The maximum absolute atomic E-state index is 10.1. The van der Waals surface area contributed by atoms with E-state index >= 15 is 0 Å². The molecule has 0 saturated heterocycles. The molecule has 0 radical (unpaired) electrons. The van der Waals surface area contributed by atoms with Crippen LogP contribution in [0.25, 0.3) is 0 Å². The molecule has 0 aliphatic rings. The first kappa shape index (κ1) is 11.3. The molecule has 0 aliphatic carbocycles. The van der Waals surface area contributed by atoms with Gasteiger partial charge in [0.05, 0.1) is 0 Å². The summed E-state index contributed by atoms with van der Waals surface area (Å²) >= 11 is 0. The quantitative estimate of drug-likeness (QED) is 0.272. The lowest BCUT2D eigenvalue weighted by atomic mass is 11.2. The van der Waals surface area contributed by atoms with E-state index in [1.54, 1.807) is 0 Å². The van der Waals surface area contributed by atoms with Crippen molar-refractivity contribution in [2.45, 2.75) is 0 Å². The molecule has 1 N–H and O–H groups in total. The molecule has 74 valence electrons. The molecule has 0 aromatic rings. The van der Waals surface area contributed by atoms with Crippen molar-refractivity contribution in [1.82, 2.24) is 0 Å². The van der Waals surface area contributed by atoms with Gasteiger partial charge in [0.2, 0.25) is 0 Å². The van der Waals surface area contributed by atoms with E-state index in [9.17, 15) is 22.8 Å². The maximum Gasteiger partial charge on any atom is 0.536 e. The Morgan fingerprint density at radius 1 is 1.23 bits per heavy atom. The molecule has 0 fully saturated rings. The fraction of sp³-hybridized carbons (Fsp3) is 0. The van der Waals surface area contributed by atoms with Crippen LogP contribution in [0.5, 0.6) is 0 Å². The van der Waals surface area contributed by atoms with E-state index in [2.05, 4.69) is 13.7 Å². The molecule has 0 spiro atoms. The fourth-order valence-corrected chi connectivity index (χ4v) is 0.440.